The first-order valence-electron chi connectivity index (χ1n) is 6.37. The molecule has 122 valence electrons. The number of halogens is 2. The number of hydrogen-bond donors (Lipinski definition) is 1. The highest BCUT2D eigenvalue weighted by molar-refractivity contribution is 7.90. The Kier molecular flexibility index (Phi) is 4.91. The van der Waals surface area contributed by atoms with E-state index < -0.39 is 21.6 Å². The van der Waals surface area contributed by atoms with Crippen LogP contribution < -0.4 is 10.1 Å². The number of nitrogens with one attached hydrogen (secondary N) is 1. The van der Waals surface area contributed by atoms with Crippen LogP contribution >= 0.6 is 11.6 Å². The SMILES string of the molecule is COc1ccc(NC(=O)c2ccc(Cl)c(S(C)(=O)=O)c2)cc1F. The van der Waals surface area contributed by atoms with Gasteiger partial charge in [0.15, 0.2) is 21.4 Å². The lowest BCUT2D eigenvalue weighted by Gasteiger charge is -2.09. The molecule has 5 nitrogen and oxygen atoms in total. The quantitative estimate of drug-likeness (QED) is 0.912. The van der Waals surface area contributed by atoms with Gasteiger partial charge in [-0.15, -0.1) is 0 Å². The molecule has 23 heavy (non-hydrogen) atoms. The number of carbonyl (C=O) groups excluding carboxylic acids is 1. The van der Waals surface area contributed by atoms with Gasteiger partial charge in [-0.1, -0.05) is 11.6 Å². The second-order valence-electron chi connectivity index (χ2n) is 4.72. The molecule has 0 bridgehead atoms. The predicted molar refractivity (Wildman–Crippen MR) is 85.5 cm³/mol. The number of sulfone groups is 1. The number of rotatable bonds is 4. The number of ether oxygens (including phenoxy) is 1. The van der Waals surface area contributed by atoms with Crippen LogP contribution in [0.4, 0.5) is 10.1 Å². The number of methoxy groups -OCH3 is 1. The zero-order chi connectivity index (χ0) is 17.2. The summed E-state index contributed by atoms with van der Waals surface area (Å²) in [5, 5.41) is 2.50. The molecule has 8 heteroatoms. The molecular weight excluding hydrogens is 345 g/mol. The molecule has 0 saturated carbocycles. The molecule has 0 aliphatic heterocycles. The molecule has 0 atom stereocenters. The van der Waals surface area contributed by atoms with Gasteiger partial charge in [-0.2, -0.15) is 0 Å². The van der Waals surface area contributed by atoms with E-state index in [4.69, 9.17) is 16.3 Å². The number of carbonyl (C=O) groups is 1. The van der Waals surface area contributed by atoms with Crippen LogP contribution in [0.15, 0.2) is 41.3 Å². The van der Waals surface area contributed by atoms with E-state index in [1.807, 2.05) is 0 Å². The van der Waals surface area contributed by atoms with Crippen molar-refractivity contribution in [3.63, 3.8) is 0 Å². The summed E-state index contributed by atoms with van der Waals surface area (Å²) in [5.74, 6) is -1.16. The van der Waals surface area contributed by atoms with Crippen LogP contribution in [0.1, 0.15) is 10.4 Å². The van der Waals surface area contributed by atoms with Gasteiger partial charge in [0.25, 0.3) is 5.91 Å². The molecule has 2 aromatic carbocycles. The molecule has 0 spiro atoms. The summed E-state index contributed by atoms with van der Waals surface area (Å²) < 4.78 is 41.6. The standard InChI is InChI=1S/C15H13ClFNO4S/c1-22-13-6-4-10(8-12(13)17)18-15(19)9-3-5-11(16)14(7-9)23(2,20)21/h3-8H,1-2H3,(H,18,19). The normalized spacial score (nSPS) is 11.1. The molecule has 0 aromatic heterocycles. The van der Waals surface area contributed by atoms with Crippen molar-refractivity contribution in [2.75, 3.05) is 18.7 Å². The van der Waals surface area contributed by atoms with Crippen LogP contribution in [-0.2, 0) is 9.84 Å². The summed E-state index contributed by atoms with van der Waals surface area (Å²) in [4.78, 5) is 12.0. The zero-order valence-electron chi connectivity index (χ0n) is 12.3. The van der Waals surface area contributed by atoms with E-state index in [9.17, 15) is 17.6 Å². The van der Waals surface area contributed by atoms with Crippen molar-refractivity contribution in [2.45, 2.75) is 4.90 Å². The van der Waals surface area contributed by atoms with E-state index in [2.05, 4.69) is 5.32 Å². The predicted octanol–water partition coefficient (Wildman–Crippen LogP) is 3.14. The Morgan fingerprint density at radius 3 is 2.48 bits per heavy atom. The third-order valence-corrected chi connectivity index (χ3v) is 4.58. The van der Waals surface area contributed by atoms with Gasteiger partial charge >= 0.3 is 0 Å². The van der Waals surface area contributed by atoms with Gasteiger partial charge < -0.3 is 10.1 Å². The van der Waals surface area contributed by atoms with E-state index in [-0.39, 0.29) is 26.9 Å². The van der Waals surface area contributed by atoms with Crippen LogP contribution in [0, 0.1) is 5.82 Å². The van der Waals surface area contributed by atoms with Gasteiger partial charge in [0.05, 0.1) is 17.0 Å². The Labute approximate surface area is 138 Å². The van der Waals surface area contributed by atoms with E-state index in [1.165, 1.54) is 37.4 Å². The van der Waals surface area contributed by atoms with Crippen LogP contribution in [0.25, 0.3) is 0 Å². The Bertz CT molecular complexity index is 868. The smallest absolute Gasteiger partial charge is 0.255 e. The van der Waals surface area contributed by atoms with Crippen LogP contribution in [0.2, 0.25) is 5.02 Å². The third-order valence-electron chi connectivity index (χ3n) is 3.00. The van der Waals surface area contributed by atoms with Crippen molar-refractivity contribution < 1.29 is 22.3 Å². The second kappa shape index (κ2) is 6.55. The Hall–Kier alpha value is -2.12. The molecule has 1 amide bonds. The molecule has 0 heterocycles. The maximum atomic E-state index is 13.6. The van der Waals surface area contributed by atoms with E-state index in [1.54, 1.807) is 0 Å². The first kappa shape index (κ1) is 17.2. The van der Waals surface area contributed by atoms with Crippen molar-refractivity contribution in [1.29, 1.82) is 0 Å². The number of amides is 1. The minimum atomic E-state index is -3.57. The lowest BCUT2D eigenvalue weighted by atomic mass is 10.2. The fraction of sp³-hybridized carbons (Fsp3) is 0.133. The monoisotopic (exact) mass is 357 g/mol. The fourth-order valence-corrected chi connectivity index (χ4v) is 3.18. The fourth-order valence-electron chi connectivity index (χ4n) is 1.88. The zero-order valence-corrected chi connectivity index (χ0v) is 13.8. The molecule has 2 aromatic rings. The van der Waals surface area contributed by atoms with Crippen molar-refractivity contribution >= 4 is 33.0 Å². The van der Waals surface area contributed by atoms with Crippen molar-refractivity contribution in [2.24, 2.45) is 0 Å². The highest BCUT2D eigenvalue weighted by Crippen LogP contribution is 2.24. The molecule has 2 rings (SSSR count). The van der Waals surface area contributed by atoms with Crippen molar-refractivity contribution in [1.82, 2.24) is 0 Å². The maximum Gasteiger partial charge on any atom is 0.255 e. The van der Waals surface area contributed by atoms with Crippen molar-refractivity contribution in [3.05, 3.63) is 52.8 Å². The summed E-state index contributed by atoms with van der Waals surface area (Å²) in [7, 11) is -2.24. The third kappa shape index (κ3) is 4.00. The minimum absolute atomic E-state index is 0.0274. The first-order chi connectivity index (χ1) is 10.7. The molecular formula is C15H13ClFNO4S. The average molecular weight is 358 g/mol. The van der Waals surface area contributed by atoms with Gasteiger partial charge in [0.2, 0.25) is 0 Å². The van der Waals surface area contributed by atoms with Gasteiger partial charge in [0.1, 0.15) is 0 Å². The molecule has 0 aliphatic rings. The van der Waals surface area contributed by atoms with Crippen LogP contribution in [-0.4, -0.2) is 27.7 Å². The molecule has 0 saturated heterocycles. The van der Waals surface area contributed by atoms with Crippen LogP contribution in [0.3, 0.4) is 0 Å². The highest BCUT2D eigenvalue weighted by atomic mass is 35.5. The minimum Gasteiger partial charge on any atom is -0.494 e. The molecule has 0 fully saturated rings. The van der Waals surface area contributed by atoms with E-state index in [0.29, 0.717) is 0 Å². The molecule has 0 unspecified atom stereocenters. The number of anilines is 1. The molecule has 0 aliphatic carbocycles. The summed E-state index contributed by atoms with van der Waals surface area (Å²) in [6, 6.07) is 7.81. The average Bonchev–Trinajstić information content (AvgIpc) is 2.46. The maximum absolute atomic E-state index is 13.6. The molecule has 0 radical (unpaired) electrons. The largest absolute Gasteiger partial charge is 0.494 e. The van der Waals surface area contributed by atoms with Gasteiger partial charge in [-0.3, -0.25) is 4.79 Å². The van der Waals surface area contributed by atoms with E-state index >= 15 is 0 Å². The highest BCUT2D eigenvalue weighted by Gasteiger charge is 2.16. The Balaban J connectivity index is 2.30. The van der Waals surface area contributed by atoms with Crippen molar-refractivity contribution in [3.8, 4) is 5.75 Å². The number of benzene rings is 2. The van der Waals surface area contributed by atoms with Gasteiger partial charge in [-0.05, 0) is 30.3 Å². The lowest BCUT2D eigenvalue weighted by Crippen LogP contribution is -2.13. The second-order valence-corrected chi connectivity index (χ2v) is 7.11. The Morgan fingerprint density at radius 1 is 1.22 bits per heavy atom. The van der Waals surface area contributed by atoms with E-state index in [0.717, 1.165) is 12.3 Å². The topological polar surface area (TPSA) is 72.5 Å². The first-order valence-corrected chi connectivity index (χ1v) is 8.64. The van der Waals surface area contributed by atoms with Gasteiger partial charge in [0, 0.05) is 23.6 Å². The van der Waals surface area contributed by atoms with Crippen LogP contribution in [0.5, 0.6) is 5.75 Å². The number of hydrogen-bond acceptors (Lipinski definition) is 4. The van der Waals surface area contributed by atoms with Gasteiger partial charge in [-0.25, -0.2) is 12.8 Å². The molecule has 1 N–H and O–H groups in total. The summed E-state index contributed by atoms with van der Waals surface area (Å²) in [5.41, 5.74) is 0.301. The Morgan fingerprint density at radius 2 is 1.91 bits per heavy atom. The summed E-state index contributed by atoms with van der Waals surface area (Å²) in [6.45, 7) is 0. The summed E-state index contributed by atoms with van der Waals surface area (Å²) in [6.07, 6.45) is 0.995. The lowest BCUT2D eigenvalue weighted by molar-refractivity contribution is 0.102. The summed E-state index contributed by atoms with van der Waals surface area (Å²) >= 11 is 5.83.